The van der Waals surface area contributed by atoms with E-state index in [9.17, 15) is 23.1 Å². The molecule has 0 spiro atoms. The summed E-state index contributed by atoms with van der Waals surface area (Å²) in [6.45, 7) is 5.61. The van der Waals surface area contributed by atoms with Crippen LogP contribution in [0.2, 0.25) is 0 Å². The second-order valence-corrected chi connectivity index (χ2v) is 13.0. The Bertz CT molecular complexity index is 1540. The smallest absolute Gasteiger partial charge is 0.416 e. The number of rotatable bonds is 14. The van der Waals surface area contributed by atoms with E-state index in [2.05, 4.69) is 10.3 Å². The monoisotopic (exact) mass is 624 g/mol. The number of pyridine rings is 1. The molecule has 1 fully saturated rings. The lowest BCUT2D eigenvalue weighted by atomic mass is 10.0. The average Bonchev–Trinajstić information content (AvgIpc) is 3.42. The second-order valence-electron chi connectivity index (χ2n) is 11.1. The highest BCUT2D eigenvalue weighted by Gasteiger charge is 2.39. The van der Waals surface area contributed by atoms with E-state index in [0.29, 0.717) is 11.6 Å². The summed E-state index contributed by atoms with van der Waals surface area (Å²) in [4.78, 5) is 31.6. The maximum absolute atomic E-state index is 13.8. The van der Waals surface area contributed by atoms with Crippen LogP contribution in [0.4, 0.5) is 10.6 Å². The van der Waals surface area contributed by atoms with Gasteiger partial charge in [-0.1, -0.05) is 56.7 Å². The number of aryl methyl sites for hydroxylation is 1. The molecule has 11 nitrogen and oxygen atoms in total. The van der Waals surface area contributed by atoms with E-state index < -0.39 is 40.3 Å². The summed E-state index contributed by atoms with van der Waals surface area (Å²) in [7, 11) is -2.58. The van der Waals surface area contributed by atoms with Gasteiger partial charge >= 0.3 is 6.09 Å². The molecule has 4 atom stereocenters. The number of aliphatic hydroxyl groups is 1. The fourth-order valence-electron chi connectivity index (χ4n) is 4.88. The molecule has 1 unspecified atom stereocenters. The zero-order chi connectivity index (χ0) is 31.9. The van der Waals surface area contributed by atoms with Gasteiger partial charge in [-0.05, 0) is 54.7 Å². The number of cyclic esters (lactones) is 1. The fraction of sp³-hybridized carbons (Fsp3) is 0.406. The van der Waals surface area contributed by atoms with Crippen molar-refractivity contribution in [2.24, 2.45) is 5.92 Å². The Morgan fingerprint density at radius 3 is 2.59 bits per heavy atom. The molecule has 236 valence electrons. The summed E-state index contributed by atoms with van der Waals surface area (Å²) in [5.74, 6) is 0.168. The first-order valence-corrected chi connectivity index (χ1v) is 16.0. The van der Waals surface area contributed by atoms with E-state index in [0.717, 1.165) is 17.5 Å². The van der Waals surface area contributed by atoms with Gasteiger partial charge in [-0.2, -0.15) is 4.31 Å². The fourth-order valence-corrected chi connectivity index (χ4v) is 6.49. The Morgan fingerprint density at radius 2 is 1.91 bits per heavy atom. The number of sulfonamides is 1. The van der Waals surface area contributed by atoms with Crippen LogP contribution in [0.15, 0.2) is 77.8 Å². The van der Waals surface area contributed by atoms with Gasteiger partial charge < -0.3 is 19.9 Å². The van der Waals surface area contributed by atoms with Gasteiger partial charge in [0.1, 0.15) is 11.6 Å². The van der Waals surface area contributed by atoms with Crippen LogP contribution in [-0.4, -0.2) is 79.8 Å². The van der Waals surface area contributed by atoms with E-state index in [1.807, 2.05) is 51.1 Å². The topological polar surface area (TPSA) is 138 Å². The predicted molar refractivity (Wildman–Crippen MR) is 166 cm³/mol. The summed E-state index contributed by atoms with van der Waals surface area (Å²) in [6.07, 6.45) is -0.630. The van der Waals surface area contributed by atoms with Crippen molar-refractivity contribution in [3.05, 3.63) is 84.1 Å². The SMILES string of the molecule is CC[C@@H](C)CN(C[C@@H](O)C(Cc1ccccc1)NC(=O)[C@@H]1CN(c2cc(C)ccn2)C(=O)O1)S(=O)(=O)c1cccc(OC)c1. The number of hydrogen-bond donors (Lipinski definition) is 2. The van der Waals surface area contributed by atoms with Crippen molar-refractivity contribution < 1.29 is 32.6 Å². The number of nitrogens with zero attached hydrogens (tertiary/aromatic N) is 3. The Kier molecular flexibility index (Phi) is 11.0. The average molecular weight is 625 g/mol. The van der Waals surface area contributed by atoms with Crippen molar-refractivity contribution >= 4 is 27.8 Å². The van der Waals surface area contributed by atoms with Crippen LogP contribution in [0, 0.1) is 12.8 Å². The molecule has 0 aliphatic carbocycles. The number of aromatic nitrogens is 1. The minimum absolute atomic E-state index is 0.00358. The summed E-state index contributed by atoms with van der Waals surface area (Å²) >= 11 is 0. The third-order valence-electron chi connectivity index (χ3n) is 7.65. The summed E-state index contributed by atoms with van der Waals surface area (Å²) < 4.78 is 39.5. The highest BCUT2D eigenvalue weighted by Crippen LogP contribution is 2.24. The van der Waals surface area contributed by atoms with E-state index in [1.54, 1.807) is 30.5 Å². The van der Waals surface area contributed by atoms with Crippen LogP contribution in [-0.2, 0) is 26.0 Å². The lowest BCUT2D eigenvalue weighted by Crippen LogP contribution is -2.53. The van der Waals surface area contributed by atoms with Gasteiger partial charge in [0.2, 0.25) is 10.0 Å². The predicted octanol–water partition coefficient (Wildman–Crippen LogP) is 3.55. The van der Waals surface area contributed by atoms with Crippen LogP contribution >= 0.6 is 0 Å². The van der Waals surface area contributed by atoms with Crippen LogP contribution in [0.25, 0.3) is 0 Å². The van der Waals surface area contributed by atoms with Gasteiger partial charge in [-0.15, -0.1) is 0 Å². The Hall–Kier alpha value is -4.00. The van der Waals surface area contributed by atoms with Gasteiger partial charge in [0, 0.05) is 25.4 Å². The van der Waals surface area contributed by atoms with Gasteiger partial charge in [0.05, 0.1) is 30.7 Å². The first-order valence-electron chi connectivity index (χ1n) is 14.6. The number of ether oxygens (including phenoxy) is 2. The number of methoxy groups -OCH3 is 1. The van der Waals surface area contributed by atoms with Crippen molar-refractivity contribution in [1.29, 1.82) is 0 Å². The molecular formula is C32H40N4O7S. The van der Waals surface area contributed by atoms with Crippen molar-refractivity contribution in [2.75, 3.05) is 31.6 Å². The molecule has 3 aromatic rings. The number of hydrogen-bond acceptors (Lipinski definition) is 8. The number of aliphatic hydroxyl groups excluding tert-OH is 1. The van der Waals surface area contributed by atoms with Crippen LogP contribution < -0.4 is 15.0 Å². The third kappa shape index (κ3) is 8.13. The van der Waals surface area contributed by atoms with E-state index in [1.165, 1.54) is 28.4 Å². The molecule has 1 aromatic heterocycles. The van der Waals surface area contributed by atoms with Crippen molar-refractivity contribution in [3.8, 4) is 5.75 Å². The summed E-state index contributed by atoms with van der Waals surface area (Å²) in [5.41, 5.74) is 1.72. The first kappa shape index (κ1) is 32.9. The Balaban J connectivity index is 1.57. The van der Waals surface area contributed by atoms with E-state index in [-0.39, 0.29) is 36.9 Å². The van der Waals surface area contributed by atoms with E-state index in [4.69, 9.17) is 9.47 Å². The Morgan fingerprint density at radius 1 is 1.16 bits per heavy atom. The third-order valence-corrected chi connectivity index (χ3v) is 9.48. The molecule has 2 amide bonds. The number of nitrogens with one attached hydrogen (secondary N) is 1. The number of amides is 2. The molecule has 0 radical (unpaired) electrons. The first-order chi connectivity index (χ1) is 21.0. The molecule has 44 heavy (non-hydrogen) atoms. The van der Waals surface area contributed by atoms with Crippen molar-refractivity contribution in [3.63, 3.8) is 0 Å². The number of carbonyl (C=O) groups is 2. The number of anilines is 1. The normalized spacial score (nSPS) is 17.2. The molecule has 12 heteroatoms. The quantitative estimate of drug-likeness (QED) is 0.278. The molecule has 1 saturated heterocycles. The molecule has 2 aromatic carbocycles. The number of carbonyl (C=O) groups excluding carboxylic acids is 2. The highest BCUT2D eigenvalue weighted by molar-refractivity contribution is 7.89. The molecule has 0 bridgehead atoms. The van der Waals surface area contributed by atoms with Crippen LogP contribution in [0.3, 0.4) is 0 Å². The molecular weight excluding hydrogens is 584 g/mol. The molecule has 2 N–H and O–H groups in total. The summed E-state index contributed by atoms with van der Waals surface area (Å²) in [6, 6.07) is 18.1. The lowest BCUT2D eigenvalue weighted by molar-refractivity contribution is -0.129. The molecule has 1 aliphatic heterocycles. The van der Waals surface area contributed by atoms with Gasteiger partial charge in [-0.25, -0.2) is 18.2 Å². The summed E-state index contributed by atoms with van der Waals surface area (Å²) in [5, 5.41) is 14.4. The largest absolute Gasteiger partial charge is 0.497 e. The molecule has 2 heterocycles. The van der Waals surface area contributed by atoms with Gasteiger partial charge in [0.25, 0.3) is 5.91 Å². The minimum Gasteiger partial charge on any atom is -0.497 e. The van der Waals surface area contributed by atoms with Gasteiger partial charge in [0.15, 0.2) is 6.10 Å². The zero-order valence-corrected chi connectivity index (χ0v) is 26.2. The van der Waals surface area contributed by atoms with Crippen LogP contribution in [0.5, 0.6) is 5.75 Å². The van der Waals surface area contributed by atoms with Crippen molar-refractivity contribution in [2.45, 2.75) is 56.8 Å². The lowest BCUT2D eigenvalue weighted by Gasteiger charge is -2.31. The second kappa shape index (κ2) is 14.7. The molecule has 4 rings (SSSR count). The van der Waals surface area contributed by atoms with E-state index >= 15 is 0 Å². The van der Waals surface area contributed by atoms with Crippen LogP contribution in [0.1, 0.15) is 31.4 Å². The maximum atomic E-state index is 13.8. The molecule has 1 aliphatic rings. The molecule has 0 saturated carbocycles. The minimum atomic E-state index is -4.04. The zero-order valence-electron chi connectivity index (χ0n) is 25.4. The maximum Gasteiger partial charge on any atom is 0.416 e. The van der Waals surface area contributed by atoms with Gasteiger partial charge in [-0.3, -0.25) is 9.69 Å². The highest BCUT2D eigenvalue weighted by atomic mass is 32.2. The Labute approximate surface area is 258 Å². The van der Waals surface area contributed by atoms with Crippen molar-refractivity contribution in [1.82, 2.24) is 14.6 Å². The standard InChI is InChI=1S/C32H40N4O7S/c1-5-22(2)19-35(44(40,41)26-13-9-12-25(18-26)42-4)20-28(37)27(17-24-10-7-6-8-11-24)34-31(38)29-21-36(32(39)43-29)30-16-23(3)14-15-33-30/h6-16,18,22,27-29,37H,5,17,19-21H2,1-4H3,(H,34,38)/t22-,27?,28-,29+/m1/s1. The number of benzene rings is 2.